The van der Waals surface area contributed by atoms with Crippen LogP contribution in [0.25, 0.3) is 0 Å². The van der Waals surface area contributed by atoms with Gasteiger partial charge in [-0.05, 0) is 56.9 Å². The maximum Gasteiger partial charge on any atom is 0.0597 e. The molecule has 2 saturated carbocycles. The highest BCUT2D eigenvalue weighted by molar-refractivity contribution is 4.83. The van der Waals surface area contributed by atoms with Gasteiger partial charge in [-0.15, -0.1) is 0 Å². The van der Waals surface area contributed by atoms with E-state index in [0.29, 0.717) is 11.5 Å². The van der Waals surface area contributed by atoms with Crippen LogP contribution in [-0.2, 0) is 4.74 Å². The van der Waals surface area contributed by atoms with E-state index in [4.69, 9.17) is 4.74 Å². The molecule has 0 N–H and O–H groups in total. The smallest absolute Gasteiger partial charge is 0.0597 e. The highest BCUT2D eigenvalue weighted by Gasteiger charge is 2.32. The average molecular weight is 310 g/mol. The molecule has 2 aliphatic carbocycles. The van der Waals surface area contributed by atoms with Gasteiger partial charge in [0.05, 0.1) is 12.7 Å². The second-order valence-electron chi connectivity index (χ2n) is 8.46. The fraction of sp³-hybridized carbons (Fsp3) is 1.00. The Kier molecular flexibility index (Phi) is 7.21. The second-order valence-corrected chi connectivity index (χ2v) is 8.46. The molecule has 0 amide bonds. The Hall–Kier alpha value is -0.0800. The fourth-order valence-electron chi connectivity index (χ4n) is 4.37. The summed E-state index contributed by atoms with van der Waals surface area (Å²) in [4.78, 5) is 2.55. The first-order valence-electron chi connectivity index (χ1n) is 9.84. The van der Waals surface area contributed by atoms with Crippen LogP contribution in [0.2, 0.25) is 0 Å². The minimum absolute atomic E-state index is 0.520. The van der Waals surface area contributed by atoms with E-state index >= 15 is 0 Å². The number of nitrogens with zero attached hydrogens (tertiary/aromatic N) is 1. The largest absolute Gasteiger partial charge is 0.377 e. The minimum Gasteiger partial charge on any atom is -0.377 e. The molecule has 0 aromatic rings. The zero-order valence-corrected chi connectivity index (χ0v) is 15.6. The lowest BCUT2D eigenvalue weighted by Gasteiger charge is -2.39. The van der Waals surface area contributed by atoms with E-state index in [0.717, 1.165) is 25.1 Å². The van der Waals surface area contributed by atoms with Crippen LogP contribution in [-0.4, -0.2) is 37.2 Å². The van der Waals surface area contributed by atoms with Gasteiger partial charge in [0.15, 0.2) is 0 Å². The molecule has 0 saturated heterocycles. The molecule has 2 nitrogen and oxygen atoms in total. The van der Waals surface area contributed by atoms with E-state index in [1.165, 1.54) is 64.2 Å². The lowest BCUT2D eigenvalue weighted by atomic mass is 9.69. The van der Waals surface area contributed by atoms with Crippen LogP contribution < -0.4 is 0 Å². The third kappa shape index (κ3) is 5.23. The van der Waals surface area contributed by atoms with Gasteiger partial charge >= 0.3 is 0 Å². The van der Waals surface area contributed by atoms with Crippen molar-refractivity contribution in [2.75, 3.05) is 20.2 Å². The Morgan fingerprint density at radius 1 is 0.955 bits per heavy atom. The topological polar surface area (TPSA) is 12.5 Å². The van der Waals surface area contributed by atoms with Crippen LogP contribution in [0.3, 0.4) is 0 Å². The average Bonchev–Trinajstić information content (AvgIpc) is 2.56. The molecule has 0 atom stereocenters. The molecule has 2 fully saturated rings. The van der Waals surface area contributed by atoms with Crippen molar-refractivity contribution in [2.45, 2.75) is 97.1 Å². The maximum atomic E-state index is 6.20. The number of ether oxygens (including phenoxy) is 1. The summed E-state index contributed by atoms with van der Waals surface area (Å²) in [6, 6.07) is 0.818. The van der Waals surface area contributed by atoms with Crippen LogP contribution >= 0.6 is 0 Å². The van der Waals surface area contributed by atoms with Crippen molar-refractivity contribution in [1.29, 1.82) is 0 Å². The number of rotatable bonds is 7. The number of hydrogen-bond acceptors (Lipinski definition) is 2. The molecule has 0 heterocycles. The molecule has 0 unspecified atom stereocenters. The van der Waals surface area contributed by atoms with Crippen molar-refractivity contribution in [3.63, 3.8) is 0 Å². The lowest BCUT2D eigenvalue weighted by Crippen LogP contribution is -2.37. The normalized spacial score (nSPS) is 28.2. The first-order valence-corrected chi connectivity index (χ1v) is 9.84. The van der Waals surface area contributed by atoms with Crippen molar-refractivity contribution < 1.29 is 4.74 Å². The standard InChI is InChI=1S/C20H39NO/c1-5-20(2,3)17-11-13-19(14-12-17)22-16-15-21(4)18-9-7-6-8-10-18/h17-19H,5-16H2,1-4H3. The van der Waals surface area contributed by atoms with Gasteiger partial charge in [-0.3, -0.25) is 0 Å². The highest BCUT2D eigenvalue weighted by Crippen LogP contribution is 2.40. The first-order chi connectivity index (χ1) is 10.5. The monoisotopic (exact) mass is 309 g/mol. The highest BCUT2D eigenvalue weighted by atomic mass is 16.5. The Bertz CT molecular complexity index is 301. The fourth-order valence-corrected chi connectivity index (χ4v) is 4.37. The lowest BCUT2D eigenvalue weighted by molar-refractivity contribution is -0.00996. The van der Waals surface area contributed by atoms with Crippen LogP contribution in [0.4, 0.5) is 0 Å². The summed E-state index contributed by atoms with van der Waals surface area (Å²) in [5.74, 6) is 0.905. The van der Waals surface area contributed by atoms with E-state index in [-0.39, 0.29) is 0 Å². The van der Waals surface area contributed by atoms with Crippen molar-refractivity contribution in [2.24, 2.45) is 11.3 Å². The minimum atomic E-state index is 0.520. The van der Waals surface area contributed by atoms with Crippen molar-refractivity contribution in [3.8, 4) is 0 Å². The van der Waals surface area contributed by atoms with Crippen molar-refractivity contribution in [1.82, 2.24) is 4.90 Å². The molecule has 0 spiro atoms. The Morgan fingerprint density at radius 3 is 2.18 bits per heavy atom. The molecule has 0 aromatic heterocycles. The summed E-state index contributed by atoms with van der Waals surface area (Å²) < 4.78 is 6.20. The molecule has 2 aliphatic rings. The molecule has 2 rings (SSSR count). The van der Waals surface area contributed by atoms with Crippen LogP contribution in [0, 0.1) is 11.3 Å². The summed E-state index contributed by atoms with van der Waals surface area (Å²) in [5, 5.41) is 0. The summed E-state index contributed by atoms with van der Waals surface area (Å²) in [5.41, 5.74) is 0.520. The van der Waals surface area contributed by atoms with Crippen molar-refractivity contribution in [3.05, 3.63) is 0 Å². The predicted molar refractivity (Wildman–Crippen MR) is 95.3 cm³/mol. The molecular weight excluding hydrogens is 270 g/mol. The Morgan fingerprint density at radius 2 is 1.59 bits per heavy atom. The molecule has 0 aliphatic heterocycles. The Balaban J connectivity index is 1.60. The third-order valence-electron chi connectivity index (χ3n) is 6.69. The summed E-state index contributed by atoms with van der Waals surface area (Å²) in [7, 11) is 2.29. The number of hydrogen-bond donors (Lipinski definition) is 0. The van der Waals surface area contributed by atoms with Gasteiger partial charge < -0.3 is 9.64 Å². The second kappa shape index (κ2) is 8.68. The first kappa shape index (κ1) is 18.3. The molecular formula is C20H39NO. The molecule has 0 aromatic carbocycles. The summed E-state index contributed by atoms with van der Waals surface area (Å²) in [6.45, 7) is 9.27. The SMILES string of the molecule is CCC(C)(C)C1CCC(OCCN(C)C2CCCCC2)CC1. The van der Waals surface area contributed by atoms with Gasteiger partial charge in [0.1, 0.15) is 0 Å². The molecule has 130 valence electrons. The zero-order chi connectivity index (χ0) is 16.0. The summed E-state index contributed by atoms with van der Waals surface area (Å²) >= 11 is 0. The van der Waals surface area contributed by atoms with Crippen LogP contribution in [0.15, 0.2) is 0 Å². The summed E-state index contributed by atoms with van der Waals surface area (Å²) in [6.07, 6.45) is 14.2. The quantitative estimate of drug-likeness (QED) is 0.636. The van der Waals surface area contributed by atoms with Gasteiger partial charge in [0.2, 0.25) is 0 Å². The molecule has 22 heavy (non-hydrogen) atoms. The van der Waals surface area contributed by atoms with E-state index < -0.39 is 0 Å². The molecule has 2 heteroatoms. The van der Waals surface area contributed by atoms with Gasteiger partial charge in [-0.2, -0.15) is 0 Å². The maximum absolute atomic E-state index is 6.20. The third-order valence-corrected chi connectivity index (χ3v) is 6.69. The Labute approximate surface area is 139 Å². The van der Waals surface area contributed by atoms with Crippen LogP contribution in [0.5, 0.6) is 0 Å². The van der Waals surface area contributed by atoms with E-state index in [1.807, 2.05) is 0 Å². The van der Waals surface area contributed by atoms with Gasteiger partial charge in [-0.25, -0.2) is 0 Å². The zero-order valence-electron chi connectivity index (χ0n) is 15.6. The molecule has 0 radical (unpaired) electrons. The van der Waals surface area contributed by atoms with E-state index in [1.54, 1.807) is 0 Å². The predicted octanol–water partition coefficient (Wildman–Crippen LogP) is 5.26. The van der Waals surface area contributed by atoms with E-state index in [9.17, 15) is 0 Å². The van der Waals surface area contributed by atoms with Gasteiger partial charge in [0, 0.05) is 12.6 Å². The van der Waals surface area contributed by atoms with Crippen molar-refractivity contribution >= 4 is 0 Å². The van der Waals surface area contributed by atoms with Crippen LogP contribution in [0.1, 0.15) is 85.0 Å². The van der Waals surface area contributed by atoms with E-state index in [2.05, 4.69) is 32.7 Å². The van der Waals surface area contributed by atoms with Gasteiger partial charge in [-0.1, -0.05) is 46.5 Å². The molecule has 0 bridgehead atoms. The van der Waals surface area contributed by atoms with Gasteiger partial charge in [0.25, 0.3) is 0 Å². The number of likely N-dealkylation sites (N-methyl/N-ethyl adjacent to an activating group) is 1.